The van der Waals surface area contributed by atoms with E-state index in [-0.39, 0.29) is 5.92 Å². The Labute approximate surface area is 132 Å². The van der Waals surface area contributed by atoms with Crippen LogP contribution in [-0.4, -0.2) is 25.0 Å². The molecular weight excluding hydrogens is 346 g/mol. The summed E-state index contributed by atoms with van der Waals surface area (Å²) in [6, 6.07) is 4.28. The number of hydrogen-bond acceptors (Lipinski definition) is 3. The van der Waals surface area contributed by atoms with E-state index in [0.29, 0.717) is 17.0 Å². The number of methoxy groups -OCH3 is 1. The van der Waals surface area contributed by atoms with Crippen LogP contribution < -0.4 is 5.32 Å². The molecule has 0 spiro atoms. The smallest absolute Gasteiger partial charge is 0.328 e. The topological polar surface area (TPSA) is 55.4 Å². The first-order valence-corrected chi connectivity index (χ1v) is 7.36. The number of halogens is 2. The van der Waals surface area contributed by atoms with Gasteiger partial charge >= 0.3 is 5.97 Å². The molecule has 6 heteroatoms. The quantitative estimate of drug-likeness (QED) is 0.817. The zero-order valence-electron chi connectivity index (χ0n) is 11.6. The first kappa shape index (κ1) is 17.0. The average molecular weight is 363 g/mol. The fourth-order valence-electron chi connectivity index (χ4n) is 1.74. The number of carbonyl (C=O) groups is 2. The van der Waals surface area contributed by atoms with Gasteiger partial charge in [0.05, 0.1) is 17.7 Å². The van der Waals surface area contributed by atoms with E-state index in [2.05, 4.69) is 21.2 Å². The molecule has 0 aliphatic carbocycles. The van der Waals surface area contributed by atoms with Crippen molar-refractivity contribution in [3.63, 3.8) is 0 Å². The molecule has 0 aliphatic heterocycles. The Balaban J connectivity index is 2.87. The molecule has 0 aromatic heterocycles. The lowest BCUT2D eigenvalue weighted by atomic mass is 10.0. The predicted molar refractivity (Wildman–Crippen MR) is 81.9 cm³/mol. The van der Waals surface area contributed by atoms with E-state index in [1.54, 1.807) is 18.2 Å². The molecule has 4 nitrogen and oxygen atoms in total. The summed E-state index contributed by atoms with van der Waals surface area (Å²) >= 11 is 9.29. The molecule has 0 bridgehead atoms. The Bertz CT molecular complexity index is 505. The molecule has 0 fully saturated rings. The highest BCUT2D eigenvalue weighted by Gasteiger charge is 2.24. The Morgan fingerprint density at radius 2 is 2.05 bits per heavy atom. The molecule has 0 saturated heterocycles. The second-order valence-electron chi connectivity index (χ2n) is 4.80. The van der Waals surface area contributed by atoms with Crippen molar-refractivity contribution in [1.29, 1.82) is 0 Å². The lowest BCUT2D eigenvalue weighted by molar-refractivity contribution is -0.143. The van der Waals surface area contributed by atoms with Crippen molar-refractivity contribution in [2.45, 2.75) is 26.3 Å². The van der Waals surface area contributed by atoms with Gasteiger partial charge in [-0.3, -0.25) is 4.79 Å². The monoisotopic (exact) mass is 361 g/mol. The summed E-state index contributed by atoms with van der Waals surface area (Å²) < 4.78 is 5.49. The molecule has 1 aromatic carbocycles. The normalized spacial score (nSPS) is 12.1. The minimum Gasteiger partial charge on any atom is -0.467 e. The van der Waals surface area contributed by atoms with Crippen LogP contribution >= 0.6 is 27.5 Å². The van der Waals surface area contributed by atoms with Crippen LogP contribution in [0.25, 0.3) is 0 Å². The fourth-order valence-corrected chi connectivity index (χ4v) is 2.50. The van der Waals surface area contributed by atoms with Crippen LogP contribution in [0.3, 0.4) is 0 Å². The van der Waals surface area contributed by atoms with E-state index in [1.807, 2.05) is 13.8 Å². The van der Waals surface area contributed by atoms with Gasteiger partial charge in [-0.1, -0.05) is 41.4 Å². The number of esters is 1. The Morgan fingerprint density at radius 3 is 2.55 bits per heavy atom. The van der Waals surface area contributed by atoms with Crippen LogP contribution in [0.4, 0.5) is 0 Å². The number of carbonyl (C=O) groups excluding carboxylic acids is 2. The third kappa shape index (κ3) is 4.80. The lowest BCUT2D eigenvalue weighted by Gasteiger charge is -2.18. The summed E-state index contributed by atoms with van der Waals surface area (Å²) in [5.74, 6) is -0.598. The Kier molecular flexibility index (Phi) is 6.49. The predicted octanol–water partition coefficient (Wildman–Crippen LogP) is 3.42. The maximum absolute atomic E-state index is 12.2. The summed E-state index contributed by atoms with van der Waals surface area (Å²) in [7, 11) is 1.30. The van der Waals surface area contributed by atoms with Gasteiger partial charge < -0.3 is 10.1 Å². The van der Waals surface area contributed by atoms with Crippen molar-refractivity contribution in [2.24, 2.45) is 5.92 Å². The Hall–Kier alpha value is -1.07. The van der Waals surface area contributed by atoms with Crippen molar-refractivity contribution in [2.75, 3.05) is 7.11 Å². The first-order chi connectivity index (χ1) is 9.35. The zero-order chi connectivity index (χ0) is 15.3. The SMILES string of the molecule is COC(=O)C(CC(C)C)NC(=O)c1ccc(Br)cc1Cl. The van der Waals surface area contributed by atoms with E-state index in [0.717, 1.165) is 4.47 Å². The van der Waals surface area contributed by atoms with Crippen LogP contribution in [0.15, 0.2) is 22.7 Å². The summed E-state index contributed by atoms with van der Waals surface area (Å²) in [6.07, 6.45) is 0.507. The molecule has 1 N–H and O–H groups in total. The van der Waals surface area contributed by atoms with E-state index >= 15 is 0 Å². The molecular formula is C14H17BrClNO3. The molecule has 1 unspecified atom stereocenters. The van der Waals surface area contributed by atoms with Crippen LogP contribution in [-0.2, 0) is 9.53 Å². The van der Waals surface area contributed by atoms with Gasteiger partial charge in [0.2, 0.25) is 0 Å². The van der Waals surface area contributed by atoms with Crippen molar-refractivity contribution >= 4 is 39.4 Å². The summed E-state index contributed by atoms with van der Waals surface area (Å²) in [6.45, 7) is 3.93. The van der Waals surface area contributed by atoms with Gasteiger partial charge in [-0.25, -0.2) is 4.79 Å². The molecule has 0 saturated carbocycles. The maximum atomic E-state index is 12.2. The van der Waals surface area contributed by atoms with E-state index in [1.165, 1.54) is 7.11 Å². The van der Waals surface area contributed by atoms with Gasteiger partial charge in [-0.15, -0.1) is 0 Å². The van der Waals surface area contributed by atoms with E-state index in [4.69, 9.17) is 16.3 Å². The van der Waals surface area contributed by atoms with Gasteiger partial charge in [0.25, 0.3) is 5.91 Å². The number of nitrogens with one attached hydrogen (secondary N) is 1. The zero-order valence-corrected chi connectivity index (χ0v) is 13.9. The molecule has 0 aliphatic rings. The van der Waals surface area contributed by atoms with Gasteiger partial charge in [0.1, 0.15) is 6.04 Å². The van der Waals surface area contributed by atoms with Gasteiger partial charge in [0.15, 0.2) is 0 Å². The van der Waals surface area contributed by atoms with Gasteiger partial charge in [-0.2, -0.15) is 0 Å². The molecule has 20 heavy (non-hydrogen) atoms. The molecule has 1 aromatic rings. The van der Waals surface area contributed by atoms with Crippen LogP contribution in [0, 0.1) is 5.92 Å². The van der Waals surface area contributed by atoms with Crippen molar-refractivity contribution < 1.29 is 14.3 Å². The summed E-state index contributed by atoms with van der Waals surface area (Å²) in [5, 5.41) is 2.99. The van der Waals surface area contributed by atoms with Crippen molar-refractivity contribution in [3.8, 4) is 0 Å². The Morgan fingerprint density at radius 1 is 1.40 bits per heavy atom. The molecule has 1 rings (SSSR count). The minimum absolute atomic E-state index is 0.250. The highest BCUT2D eigenvalue weighted by molar-refractivity contribution is 9.10. The van der Waals surface area contributed by atoms with Crippen molar-refractivity contribution in [3.05, 3.63) is 33.3 Å². The number of rotatable bonds is 5. The number of ether oxygens (including phenoxy) is 1. The van der Waals surface area contributed by atoms with Gasteiger partial charge in [0, 0.05) is 4.47 Å². The van der Waals surface area contributed by atoms with Crippen LogP contribution in [0.5, 0.6) is 0 Å². The second-order valence-corrected chi connectivity index (χ2v) is 6.13. The minimum atomic E-state index is -0.674. The average Bonchev–Trinajstić information content (AvgIpc) is 2.36. The maximum Gasteiger partial charge on any atom is 0.328 e. The van der Waals surface area contributed by atoms with E-state index < -0.39 is 17.9 Å². The molecule has 0 radical (unpaired) electrons. The third-order valence-corrected chi connectivity index (χ3v) is 3.48. The third-order valence-electron chi connectivity index (χ3n) is 2.67. The van der Waals surface area contributed by atoms with Crippen LogP contribution in [0.1, 0.15) is 30.6 Å². The molecule has 110 valence electrons. The number of amides is 1. The second kappa shape index (κ2) is 7.64. The fraction of sp³-hybridized carbons (Fsp3) is 0.429. The van der Waals surface area contributed by atoms with E-state index in [9.17, 15) is 9.59 Å². The van der Waals surface area contributed by atoms with Crippen LogP contribution in [0.2, 0.25) is 5.02 Å². The highest BCUT2D eigenvalue weighted by atomic mass is 79.9. The lowest BCUT2D eigenvalue weighted by Crippen LogP contribution is -2.42. The molecule has 0 heterocycles. The standard InChI is InChI=1S/C14H17BrClNO3/c1-8(2)6-12(14(19)20-3)17-13(18)10-5-4-9(15)7-11(10)16/h4-5,7-8,12H,6H2,1-3H3,(H,17,18). The molecule has 1 amide bonds. The largest absolute Gasteiger partial charge is 0.467 e. The first-order valence-electron chi connectivity index (χ1n) is 6.19. The summed E-state index contributed by atoms with van der Waals surface area (Å²) in [5.41, 5.74) is 0.326. The summed E-state index contributed by atoms with van der Waals surface area (Å²) in [4.78, 5) is 23.8. The number of benzene rings is 1. The highest BCUT2D eigenvalue weighted by Crippen LogP contribution is 2.21. The van der Waals surface area contributed by atoms with Gasteiger partial charge in [-0.05, 0) is 30.5 Å². The van der Waals surface area contributed by atoms with Crippen molar-refractivity contribution in [1.82, 2.24) is 5.32 Å². The number of hydrogen-bond donors (Lipinski definition) is 1. The molecule has 1 atom stereocenters.